The van der Waals surface area contributed by atoms with Gasteiger partial charge in [-0.15, -0.1) is 0 Å². The quantitative estimate of drug-likeness (QED) is 0.865. The molecule has 5 nitrogen and oxygen atoms in total. The van der Waals surface area contributed by atoms with E-state index in [2.05, 4.69) is 5.32 Å². The van der Waals surface area contributed by atoms with Crippen LogP contribution in [-0.2, 0) is 4.79 Å². The molecule has 118 valence electrons. The van der Waals surface area contributed by atoms with E-state index in [0.717, 1.165) is 6.42 Å². The summed E-state index contributed by atoms with van der Waals surface area (Å²) in [6.07, 6.45) is 1.44. The van der Waals surface area contributed by atoms with E-state index in [1.807, 2.05) is 13.8 Å². The van der Waals surface area contributed by atoms with E-state index >= 15 is 0 Å². The molecular formula is C17H22N2O3. The van der Waals surface area contributed by atoms with E-state index in [4.69, 9.17) is 0 Å². The molecule has 1 saturated heterocycles. The van der Waals surface area contributed by atoms with Gasteiger partial charge < -0.3 is 10.2 Å². The number of Topliss-reactive ketones (excluding diaryl/α,β-unsaturated/α-hetero) is 1. The van der Waals surface area contributed by atoms with Crippen LogP contribution in [0.5, 0.6) is 0 Å². The van der Waals surface area contributed by atoms with Gasteiger partial charge >= 0.3 is 0 Å². The molecule has 1 N–H and O–H groups in total. The third-order valence-corrected chi connectivity index (χ3v) is 4.23. The highest BCUT2D eigenvalue weighted by Gasteiger charge is 2.43. The van der Waals surface area contributed by atoms with Gasteiger partial charge in [-0.25, -0.2) is 0 Å². The fourth-order valence-electron chi connectivity index (χ4n) is 2.91. The van der Waals surface area contributed by atoms with Crippen LogP contribution in [0.3, 0.4) is 0 Å². The molecule has 2 rings (SSSR count). The lowest BCUT2D eigenvalue weighted by Gasteiger charge is -2.43. The zero-order valence-corrected chi connectivity index (χ0v) is 13.3. The molecule has 1 atom stereocenters. The molecule has 1 aromatic carbocycles. The molecule has 1 aliphatic rings. The maximum absolute atomic E-state index is 12.8. The molecular weight excluding hydrogens is 280 g/mol. The molecule has 5 heteroatoms. The van der Waals surface area contributed by atoms with Crippen molar-refractivity contribution < 1.29 is 14.4 Å². The summed E-state index contributed by atoms with van der Waals surface area (Å²) in [5, 5.41) is 2.84. The first kappa shape index (κ1) is 16.2. The Morgan fingerprint density at radius 2 is 1.82 bits per heavy atom. The van der Waals surface area contributed by atoms with Crippen molar-refractivity contribution in [2.24, 2.45) is 0 Å². The maximum atomic E-state index is 12.8. The number of amides is 2. The Kier molecular flexibility index (Phi) is 4.64. The summed E-state index contributed by atoms with van der Waals surface area (Å²) < 4.78 is 0. The van der Waals surface area contributed by atoms with Crippen LogP contribution in [-0.4, -0.2) is 41.1 Å². The zero-order chi connectivity index (χ0) is 16.3. The average molecular weight is 302 g/mol. The highest BCUT2D eigenvalue weighted by atomic mass is 16.2. The molecule has 0 radical (unpaired) electrons. The summed E-state index contributed by atoms with van der Waals surface area (Å²) in [6, 6.07) is 6.60. The molecule has 1 aromatic rings. The molecule has 0 aromatic heterocycles. The summed E-state index contributed by atoms with van der Waals surface area (Å²) in [6.45, 7) is 6.26. The predicted molar refractivity (Wildman–Crippen MR) is 83.8 cm³/mol. The number of piperazine rings is 1. The minimum atomic E-state index is -0.816. The number of benzene rings is 1. The number of hydrogen-bond donors (Lipinski definition) is 1. The molecule has 1 heterocycles. The number of rotatable bonds is 4. The first-order valence-electron chi connectivity index (χ1n) is 7.61. The van der Waals surface area contributed by atoms with Crippen molar-refractivity contribution in [3.8, 4) is 0 Å². The van der Waals surface area contributed by atoms with Gasteiger partial charge in [-0.1, -0.05) is 25.5 Å². The van der Waals surface area contributed by atoms with Crippen molar-refractivity contribution in [2.45, 2.75) is 39.2 Å². The smallest absolute Gasteiger partial charge is 0.254 e. The molecule has 0 spiro atoms. The van der Waals surface area contributed by atoms with Gasteiger partial charge in [0.25, 0.3) is 5.91 Å². The lowest BCUT2D eigenvalue weighted by atomic mass is 9.90. The summed E-state index contributed by atoms with van der Waals surface area (Å²) in [7, 11) is 0. The van der Waals surface area contributed by atoms with Crippen molar-refractivity contribution in [1.82, 2.24) is 10.2 Å². The molecule has 22 heavy (non-hydrogen) atoms. The molecule has 1 fully saturated rings. The van der Waals surface area contributed by atoms with Gasteiger partial charge in [0.05, 0.1) is 0 Å². The van der Waals surface area contributed by atoms with E-state index in [-0.39, 0.29) is 17.6 Å². The molecule has 0 unspecified atom stereocenters. The second kappa shape index (κ2) is 6.30. The minimum absolute atomic E-state index is 0.0350. The number of nitrogens with zero attached hydrogens (tertiary/aromatic N) is 1. The van der Waals surface area contributed by atoms with Gasteiger partial charge in [-0.2, -0.15) is 0 Å². The van der Waals surface area contributed by atoms with Crippen LogP contribution in [0.15, 0.2) is 24.3 Å². The lowest BCUT2D eigenvalue weighted by Crippen LogP contribution is -2.64. The number of ketones is 1. The molecule has 1 aliphatic heterocycles. The van der Waals surface area contributed by atoms with Gasteiger partial charge in [-0.05, 0) is 32.4 Å². The minimum Gasteiger partial charge on any atom is -0.352 e. The van der Waals surface area contributed by atoms with Crippen LogP contribution in [0.1, 0.15) is 54.3 Å². The second-order valence-corrected chi connectivity index (χ2v) is 5.87. The summed E-state index contributed by atoms with van der Waals surface area (Å²) in [5.41, 5.74) is 0.259. The summed E-state index contributed by atoms with van der Waals surface area (Å²) in [4.78, 5) is 38.0. The number of hydrogen-bond acceptors (Lipinski definition) is 3. The van der Waals surface area contributed by atoms with E-state index in [0.29, 0.717) is 30.6 Å². The van der Waals surface area contributed by atoms with Crippen molar-refractivity contribution in [2.75, 3.05) is 13.1 Å². The Bertz CT molecular complexity index is 594. The Morgan fingerprint density at radius 1 is 1.23 bits per heavy atom. The third kappa shape index (κ3) is 2.89. The van der Waals surface area contributed by atoms with Gasteiger partial charge in [0.1, 0.15) is 5.54 Å². The van der Waals surface area contributed by atoms with Crippen molar-refractivity contribution >= 4 is 17.6 Å². The Labute approximate surface area is 130 Å². The van der Waals surface area contributed by atoms with Gasteiger partial charge in [0, 0.05) is 24.2 Å². The molecule has 2 amide bonds. The van der Waals surface area contributed by atoms with Crippen LogP contribution in [0.2, 0.25) is 0 Å². The van der Waals surface area contributed by atoms with Crippen molar-refractivity contribution in [1.29, 1.82) is 0 Å². The second-order valence-electron chi connectivity index (χ2n) is 5.87. The predicted octanol–water partition coefficient (Wildman–Crippen LogP) is 2.02. The highest BCUT2D eigenvalue weighted by Crippen LogP contribution is 2.26. The SMILES string of the molecule is CCC[C@@]1(C)C(=O)NCCN1C(=O)c1ccc(C(C)=O)cc1. The summed E-state index contributed by atoms with van der Waals surface area (Å²) in [5.74, 6) is -0.303. The maximum Gasteiger partial charge on any atom is 0.254 e. The molecule has 0 aliphatic carbocycles. The lowest BCUT2D eigenvalue weighted by molar-refractivity contribution is -0.134. The number of nitrogens with one attached hydrogen (secondary N) is 1. The fraction of sp³-hybridized carbons (Fsp3) is 0.471. The third-order valence-electron chi connectivity index (χ3n) is 4.23. The van der Waals surface area contributed by atoms with Gasteiger partial charge in [0.15, 0.2) is 5.78 Å². The normalized spacial score (nSPS) is 21.4. The number of carbonyl (C=O) groups excluding carboxylic acids is 3. The monoisotopic (exact) mass is 302 g/mol. The zero-order valence-electron chi connectivity index (χ0n) is 13.3. The standard InChI is InChI=1S/C17H22N2O3/c1-4-9-17(3)16(22)18-10-11-19(17)15(21)14-7-5-13(6-8-14)12(2)20/h5-8H,4,9-11H2,1-3H3,(H,18,22)/t17-/m0/s1. The van der Waals surface area contributed by atoms with E-state index in [1.54, 1.807) is 29.2 Å². The van der Waals surface area contributed by atoms with E-state index in [9.17, 15) is 14.4 Å². The largest absolute Gasteiger partial charge is 0.352 e. The molecule has 0 bridgehead atoms. The first-order chi connectivity index (χ1) is 10.4. The topological polar surface area (TPSA) is 66.5 Å². The Hall–Kier alpha value is -2.17. The fourth-order valence-corrected chi connectivity index (χ4v) is 2.91. The van der Waals surface area contributed by atoms with Gasteiger partial charge in [0.2, 0.25) is 5.91 Å². The van der Waals surface area contributed by atoms with Crippen molar-refractivity contribution in [3.63, 3.8) is 0 Å². The number of carbonyl (C=O) groups is 3. The first-order valence-corrected chi connectivity index (χ1v) is 7.61. The van der Waals surface area contributed by atoms with Gasteiger partial charge in [-0.3, -0.25) is 14.4 Å². The van der Waals surface area contributed by atoms with Crippen LogP contribution >= 0.6 is 0 Å². The van der Waals surface area contributed by atoms with Crippen LogP contribution in [0, 0.1) is 0 Å². The van der Waals surface area contributed by atoms with E-state index in [1.165, 1.54) is 6.92 Å². The van der Waals surface area contributed by atoms with Crippen molar-refractivity contribution in [3.05, 3.63) is 35.4 Å². The van der Waals surface area contributed by atoms with Crippen LogP contribution in [0.25, 0.3) is 0 Å². The van der Waals surface area contributed by atoms with Crippen LogP contribution in [0.4, 0.5) is 0 Å². The van der Waals surface area contributed by atoms with E-state index < -0.39 is 5.54 Å². The van der Waals surface area contributed by atoms with Crippen LogP contribution < -0.4 is 5.32 Å². The summed E-state index contributed by atoms with van der Waals surface area (Å²) >= 11 is 0. The Balaban J connectivity index is 2.29. The highest BCUT2D eigenvalue weighted by molar-refractivity contribution is 6.01. The average Bonchev–Trinajstić information content (AvgIpc) is 2.50. The Morgan fingerprint density at radius 3 is 2.36 bits per heavy atom. The molecule has 0 saturated carbocycles.